The lowest BCUT2D eigenvalue weighted by atomic mass is 10.0. The third-order valence-corrected chi connectivity index (χ3v) is 1.83. The van der Waals surface area contributed by atoms with Gasteiger partial charge in [-0.25, -0.2) is 0 Å². The second-order valence-electron chi connectivity index (χ2n) is 2.87. The fraction of sp³-hybridized carbons (Fsp3) is 0.0909. The predicted molar refractivity (Wildman–Crippen MR) is 50.8 cm³/mol. The number of rotatable bonds is 1. The Labute approximate surface area is 89.8 Å². The van der Waals surface area contributed by atoms with Crippen LogP contribution in [0.4, 0.5) is 13.2 Å². The van der Waals surface area contributed by atoms with E-state index in [1.54, 1.807) is 12.1 Å². The van der Waals surface area contributed by atoms with Gasteiger partial charge in [0.05, 0.1) is 23.3 Å². The molecule has 80 valence electrons. The highest BCUT2D eigenvalue weighted by Gasteiger charge is 2.32. The summed E-state index contributed by atoms with van der Waals surface area (Å²) in [6, 6.07) is 6.44. The van der Waals surface area contributed by atoms with E-state index < -0.39 is 11.7 Å². The Balaban J connectivity index is 3.36. The molecule has 1 aromatic carbocycles. The second-order valence-corrected chi connectivity index (χ2v) is 2.87. The predicted octanol–water partition coefficient (Wildman–Crippen LogP) is 3.11. The molecule has 0 heterocycles. The Morgan fingerprint density at radius 3 is 2.38 bits per heavy atom. The van der Waals surface area contributed by atoms with Crippen LogP contribution in [0, 0.1) is 22.7 Å². The van der Waals surface area contributed by atoms with Crippen LogP contribution in [0.25, 0.3) is 6.08 Å². The molecule has 1 aromatic rings. The first-order valence-electron chi connectivity index (χ1n) is 4.16. The van der Waals surface area contributed by atoms with Gasteiger partial charge in [0.25, 0.3) is 0 Å². The summed E-state index contributed by atoms with van der Waals surface area (Å²) < 4.78 is 37.7. The quantitative estimate of drug-likeness (QED) is 0.685. The summed E-state index contributed by atoms with van der Waals surface area (Å²) in [4.78, 5) is 0. The fourth-order valence-electron chi connectivity index (χ4n) is 1.14. The van der Waals surface area contributed by atoms with Crippen molar-refractivity contribution in [2.75, 3.05) is 0 Å². The zero-order valence-corrected chi connectivity index (χ0v) is 7.92. The Bertz CT molecular complexity index is 501. The molecule has 2 nitrogen and oxygen atoms in total. The van der Waals surface area contributed by atoms with Crippen LogP contribution >= 0.6 is 0 Å². The van der Waals surface area contributed by atoms with E-state index in [-0.39, 0.29) is 11.1 Å². The fourth-order valence-corrected chi connectivity index (χ4v) is 1.14. The number of allylic oxidation sites excluding steroid dienone is 1. The van der Waals surface area contributed by atoms with E-state index >= 15 is 0 Å². The van der Waals surface area contributed by atoms with Gasteiger partial charge in [0, 0.05) is 6.08 Å². The molecule has 0 bridgehead atoms. The van der Waals surface area contributed by atoms with Gasteiger partial charge in [-0.05, 0) is 23.8 Å². The highest BCUT2D eigenvalue weighted by Crippen LogP contribution is 2.33. The monoisotopic (exact) mass is 222 g/mol. The van der Waals surface area contributed by atoms with Crippen molar-refractivity contribution in [1.29, 1.82) is 10.5 Å². The molecule has 0 radical (unpaired) electrons. The minimum Gasteiger partial charge on any atom is -0.193 e. The molecule has 0 aliphatic carbocycles. The maximum atomic E-state index is 12.6. The molecule has 0 aliphatic heterocycles. The molecule has 0 atom stereocenters. The van der Waals surface area contributed by atoms with Crippen LogP contribution < -0.4 is 0 Å². The van der Waals surface area contributed by atoms with E-state index in [1.807, 2.05) is 0 Å². The summed E-state index contributed by atoms with van der Waals surface area (Å²) in [5.74, 6) is 0. The third-order valence-electron chi connectivity index (χ3n) is 1.83. The molecule has 0 fully saturated rings. The van der Waals surface area contributed by atoms with Crippen LogP contribution in [0.5, 0.6) is 0 Å². The second kappa shape index (κ2) is 4.50. The Kier molecular flexibility index (Phi) is 3.32. The van der Waals surface area contributed by atoms with Crippen LogP contribution in [-0.2, 0) is 6.18 Å². The summed E-state index contributed by atoms with van der Waals surface area (Å²) in [6.07, 6.45) is -2.53. The first-order valence-corrected chi connectivity index (χ1v) is 4.16. The molecule has 0 aromatic heterocycles. The van der Waals surface area contributed by atoms with E-state index in [4.69, 9.17) is 10.5 Å². The molecule has 1 rings (SSSR count). The smallest absolute Gasteiger partial charge is 0.193 e. The van der Waals surface area contributed by atoms with E-state index in [9.17, 15) is 13.2 Å². The zero-order valence-electron chi connectivity index (χ0n) is 7.92. The average Bonchev–Trinajstić information content (AvgIpc) is 2.25. The van der Waals surface area contributed by atoms with Crippen molar-refractivity contribution in [2.45, 2.75) is 6.18 Å². The number of hydrogen-bond donors (Lipinski definition) is 0. The molecule has 0 saturated carbocycles. The molecule has 0 N–H and O–H groups in total. The topological polar surface area (TPSA) is 47.6 Å². The van der Waals surface area contributed by atoms with Gasteiger partial charge in [-0.15, -0.1) is 0 Å². The van der Waals surface area contributed by atoms with Gasteiger partial charge in [-0.3, -0.25) is 0 Å². The lowest BCUT2D eigenvalue weighted by molar-refractivity contribution is -0.137. The minimum atomic E-state index is -4.54. The summed E-state index contributed by atoms with van der Waals surface area (Å²) >= 11 is 0. The van der Waals surface area contributed by atoms with Crippen molar-refractivity contribution < 1.29 is 13.2 Å². The lowest BCUT2D eigenvalue weighted by Gasteiger charge is -2.10. The Hall–Kier alpha value is -2.27. The molecule has 16 heavy (non-hydrogen) atoms. The number of nitriles is 2. The van der Waals surface area contributed by atoms with Gasteiger partial charge in [0.1, 0.15) is 0 Å². The van der Waals surface area contributed by atoms with Gasteiger partial charge in [-0.2, -0.15) is 23.7 Å². The standard InChI is InChI=1S/C11H5F3N2/c12-11(13,14)10-6-8(7-16)3-4-9(10)2-1-5-15/h1-4,6H. The summed E-state index contributed by atoms with van der Waals surface area (Å²) in [7, 11) is 0. The lowest BCUT2D eigenvalue weighted by Crippen LogP contribution is -2.07. The third kappa shape index (κ3) is 2.61. The van der Waals surface area contributed by atoms with Gasteiger partial charge in [0.2, 0.25) is 0 Å². The van der Waals surface area contributed by atoms with E-state index in [0.717, 1.165) is 24.3 Å². The number of nitrogens with zero attached hydrogens (tertiary/aromatic N) is 2. The number of benzene rings is 1. The molecular weight excluding hydrogens is 217 g/mol. The van der Waals surface area contributed by atoms with Crippen molar-refractivity contribution in [3.05, 3.63) is 41.0 Å². The Morgan fingerprint density at radius 1 is 1.19 bits per heavy atom. The van der Waals surface area contributed by atoms with Gasteiger partial charge >= 0.3 is 6.18 Å². The largest absolute Gasteiger partial charge is 0.417 e. The zero-order chi connectivity index (χ0) is 12.2. The van der Waals surface area contributed by atoms with Crippen molar-refractivity contribution in [3.63, 3.8) is 0 Å². The molecule has 0 aliphatic rings. The first kappa shape index (κ1) is 11.8. The molecule has 0 amide bonds. The molecule has 0 saturated heterocycles. The van der Waals surface area contributed by atoms with Crippen molar-refractivity contribution in [1.82, 2.24) is 0 Å². The minimum absolute atomic E-state index is 0.0681. The van der Waals surface area contributed by atoms with Gasteiger partial charge in [-0.1, -0.05) is 6.07 Å². The number of alkyl halides is 3. The van der Waals surface area contributed by atoms with Crippen LogP contribution in [0.3, 0.4) is 0 Å². The summed E-state index contributed by atoms with van der Waals surface area (Å²) in [6.45, 7) is 0. The SMILES string of the molecule is N#CC=Cc1ccc(C#N)cc1C(F)(F)F. The van der Waals surface area contributed by atoms with E-state index in [0.29, 0.717) is 0 Å². The maximum Gasteiger partial charge on any atom is 0.417 e. The summed E-state index contributed by atoms with van der Waals surface area (Å²) in [5.41, 5.74) is -1.12. The van der Waals surface area contributed by atoms with Crippen molar-refractivity contribution in [2.24, 2.45) is 0 Å². The molecule has 0 spiro atoms. The average molecular weight is 222 g/mol. The highest BCUT2D eigenvalue weighted by atomic mass is 19.4. The van der Waals surface area contributed by atoms with Crippen LogP contribution in [0.1, 0.15) is 16.7 Å². The first-order chi connectivity index (χ1) is 7.49. The molecule has 5 heteroatoms. The van der Waals surface area contributed by atoms with Crippen molar-refractivity contribution in [3.8, 4) is 12.1 Å². The van der Waals surface area contributed by atoms with Crippen LogP contribution in [-0.4, -0.2) is 0 Å². The normalized spacial score (nSPS) is 11.1. The van der Waals surface area contributed by atoms with Crippen LogP contribution in [0.15, 0.2) is 24.3 Å². The number of hydrogen-bond acceptors (Lipinski definition) is 2. The summed E-state index contributed by atoms with van der Waals surface area (Å²) in [5, 5.41) is 16.8. The molecular formula is C11H5F3N2. The van der Waals surface area contributed by atoms with Crippen LogP contribution in [0.2, 0.25) is 0 Å². The Morgan fingerprint density at radius 2 is 1.88 bits per heavy atom. The molecule has 0 unspecified atom stereocenters. The van der Waals surface area contributed by atoms with Crippen molar-refractivity contribution >= 4 is 6.08 Å². The van der Waals surface area contributed by atoms with E-state index in [1.165, 1.54) is 6.07 Å². The van der Waals surface area contributed by atoms with Gasteiger partial charge in [0.15, 0.2) is 0 Å². The number of halogens is 3. The maximum absolute atomic E-state index is 12.6. The van der Waals surface area contributed by atoms with E-state index in [2.05, 4.69) is 0 Å². The highest BCUT2D eigenvalue weighted by molar-refractivity contribution is 5.58. The van der Waals surface area contributed by atoms with Gasteiger partial charge < -0.3 is 0 Å².